The second-order valence-corrected chi connectivity index (χ2v) is 3.94. The maximum Gasteiger partial charge on any atom is 0.325 e. The van der Waals surface area contributed by atoms with Gasteiger partial charge in [0.15, 0.2) is 0 Å². The Hall–Kier alpha value is -1.55. The zero-order valence-electron chi connectivity index (χ0n) is 8.95. The molecule has 0 spiro atoms. The minimum Gasteiger partial charge on any atom is -0.480 e. The lowest BCUT2D eigenvalue weighted by molar-refractivity contribution is -0.142. The molecule has 0 radical (unpaired) electrons. The third-order valence-electron chi connectivity index (χ3n) is 2.20. The van der Waals surface area contributed by atoms with Crippen molar-refractivity contribution in [2.45, 2.75) is 19.4 Å². The molecule has 4 N–H and O–H groups in total. The molecule has 0 aliphatic rings. The molecule has 1 aromatic rings. The van der Waals surface area contributed by atoms with Gasteiger partial charge in [0.1, 0.15) is 5.54 Å². The molecule has 0 aliphatic carbocycles. The molecular formula is C11H16N2O2. The van der Waals surface area contributed by atoms with Gasteiger partial charge < -0.3 is 16.2 Å². The summed E-state index contributed by atoms with van der Waals surface area (Å²) >= 11 is 0. The van der Waals surface area contributed by atoms with Crippen LogP contribution in [-0.2, 0) is 4.79 Å². The Labute approximate surface area is 89.1 Å². The zero-order valence-corrected chi connectivity index (χ0v) is 8.95. The highest BCUT2D eigenvalue weighted by atomic mass is 16.4. The summed E-state index contributed by atoms with van der Waals surface area (Å²) in [6.07, 6.45) is 0. The van der Waals surface area contributed by atoms with E-state index in [0.717, 1.165) is 11.3 Å². The quantitative estimate of drug-likeness (QED) is 0.695. The number of nitrogens with one attached hydrogen (secondary N) is 1. The highest BCUT2D eigenvalue weighted by Crippen LogP contribution is 2.10. The fourth-order valence-corrected chi connectivity index (χ4v) is 1.03. The number of carboxylic acids is 1. The first kappa shape index (κ1) is 11.5. The number of benzene rings is 1. The average molecular weight is 208 g/mol. The van der Waals surface area contributed by atoms with E-state index in [9.17, 15) is 4.79 Å². The van der Waals surface area contributed by atoms with E-state index in [1.807, 2.05) is 31.2 Å². The van der Waals surface area contributed by atoms with Gasteiger partial charge in [0.2, 0.25) is 0 Å². The Balaban J connectivity index is 2.57. The Morgan fingerprint density at radius 1 is 1.47 bits per heavy atom. The van der Waals surface area contributed by atoms with Crippen LogP contribution in [0.15, 0.2) is 24.3 Å². The normalized spacial score (nSPS) is 14.3. The van der Waals surface area contributed by atoms with E-state index in [4.69, 9.17) is 10.8 Å². The second-order valence-electron chi connectivity index (χ2n) is 3.94. The van der Waals surface area contributed by atoms with E-state index in [-0.39, 0.29) is 6.54 Å². The smallest absolute Gasteiger partial charge is 0.325 e. The molecule has 0 saturated heterocycles. The number of aryl methyl sites for hydroxylation is 1. The third-order valence-corrected chi connectivity index (χ3v) is 2.20. The standard InChI is InChI=1S/C11H16N2O2/c1-8-3-5-9(6-4-8)13-7-11(2,12)10(14)15/h3-6,13H,7,12H2,1-2H3,(H,14,15). The Morgan fingerprint density at radius 3 is 2.47 bits per heavy atom. The highest BCUT2D eigenvalue weighted by molar-refractivity contribution is 5.78. The summed E-state index contributed by atoms with van der Waals surface area (Å²) in [4.78, 5) is 10.7. The van der Waals surface area contributed by atoms with E-state index in [2.05, 4.69) is 5.32 Å². The van der Waals surface area contributed by atoms with Crippen molar-refractivity contribution in [1.82, 2.24) is 0 Å². The van der Waals surface area contributed by atoms with Gasteiger partial charge in [-0.15, -0.1) is 0 Å². The molecule has 0 amide bonds. The van der Waals surface area contributed by atoms with Crippen LogP contribution in [0.2, 0.25) is 0 Å². The number of carboxylic acid groups (broad SMARTS) is 1. The van der Waals surface area contributed by atoms with Crippen LogP contribution in [0.5, 0.6) is 0 Å². The average Bonchev–Trinajstić information content (AvgIpc) is 2.17. The van der Waals surface area contributed by atoms with Crippen molar-refractivity contribution in [3.63, 3.8) is 0 Å². The van der Waals surface area contributed by atoms with Crippen LogP contribution in [0.1, 0.15) is 12.5 Å². The van der Waals surface area contributed by atoms with Gasteiger partial charge >= 0.3 is 5.97 Å². The van der Waals surface area contributed by atoms with Crippen LogP contribution in [0, 0.1) is 6.92 Å². The van der Waals surface area contributed by atoms with Crippen LogP contribution in [-0.4, -0.2) is 23.2 Å². The highest BCUT2D eigenvalue weighted by Gasteiger charge is 2.27. The monoisotopic (exact) mass is 208 g/mol. The molecule has 0 saturated carbocycles. The van der Waals surface area contributed by atoms with Crippen molar-refractivity contribution in [1.29, 1.82) is 0 Å². The van der Waals surface area contributed by atoms with Crippen LogP contribution in [0.4, 0.5) is 5.69 Å². The van der Waals surface area contributed by atoms with E-state index >= 15 is 0 Å². The molecule has 1 unspecified atom stereocenters. The Bertz CT molecular complexity index is 344. The van der Waals surface area contributed by atoms with Crippen molar-refractivity contribution in [3.05, 3.63) is 29.8 Å². The van der Waals surface area contributed by atoms with Crippen molar-refractivity contribution in [3.8, 4) is 0 Å². The Morgan fingerprint density at radius 2 is 2.00 bits per heavy atom. The summed E-state index contributed by atoms with van der Waals surface area (Å²) < 4.78 is 0. The van der Waals surface area contributed by atoms with Gasteiger partial charge in [-0.25, -0.2) is 0 Å². The first-order valence-electron chi connectivity index (χ1n) is 4.74. The lowest BCUT2D eigenvalue weighted by atomic mass is 10.0. The number of hydrogen-bond donors (Lipinski definition) is 3. The number of nitrogens with two attached hydrogens (primary N) is 1. The first-order valence-corrected chi connectivity index (χ1v) is 4.74. The molecule has 4 nitrogen and oxygen atoms in total. The minimum absolute atomic E-state index is 0.200. The number of hydrogen-bond acceptors (Lipinski definition) is 3. The predicted molar refractivity (Wildman–Crippen MR) is 59.9 cm³/mol. The molecule has 4 heteroatoms. The SMILES string of the molecule is Cc1ccc(NCC(C)(N)C(=O)O)cc1. The van der Waals surface area contributed by atoms with Gasteiger partial charge in [0, 0.05) is 12.2 Å². The van der Waals surface area contributed by atoms with Crippen LogP contribution in [0.25, 0.3) is 0 Å². The van der Waals surface area contributed by atoms with Gasteiger partial charge in [-0.2, -0.15) is 0 Å². The summed E-state index contributed by atoms with van der Waals surface area (Å²) in [6, 6.07) is 7.70. The minimum atomic E-state index is -1.25. The predicted octanol–water partition coefficient (Wildman–Crippen LogP) is 1.21. The lowest BCUT2D eigenvalue weighted by Crippen LogP contribution is -2.50. The summed E-state index contributed by atoms with van der Waals surface area (Å²) in [6.45, 7) is 3.68. The van der Waals surface area contributed by atoms with Gasteiger partial charge in [-0.1, -0.05) is 17.7 Å². The molecule has 1 atom stereocenters. The summed E-state index contributed by atoms with van der Waals surface area (Å²) in [5.74, 6) is -1.01. The molecule has 82 valence electrons. The van der Waals surface area contributed by atoms with Crippen molar-refractivity contribution >= 4 is 11.7 Å². The maximum atomic E-state index is 10.7. The number of rotatable bonds is 4. The second kappa shape index (κ2) is 4.31. The fourth-order valence-electron chi connectivity index (χ4n) is 1.03. The molecule has 1 rings (SSSR count). The topological polar surface area (TPSA) is 75.3 Å². The zero-order chi connectivity index (χ0) is 11.5. The third kappa shape index (κ3) is 3.25. The molecule has 0 bridgehead atoms. The van der Waals surface area contributed by atoms with Gasteiger partial charge in [-0.05, 0) is 26.0 Å². The molecule has 0 aromatic heterocycles. The number of carbonyl (C=O) groups is 1. The summed E-state index contributed by atoms with van der Waals surface area (Å²) in [5, 5.41) is 11.8. The molecular weight excluding hydrogens is 192 g/mol. The maximum absolute atomic E-state index is 10.7. The molecule has 0 aliphatic heterocycles. The molecule has 15 heavy (non-hydrogen) atoms. The van der Waals surface area contributed by atoms with Crippen LogP contribution >= 0.6 is 0 Å². The van der Waals surface area contributed by atoms with Crippen molar-refractivity contribution in [2.24, 2.45) is 5.73 Å². The molecule has 0 heterocycles. The van der Waals surface area contributed by atoms with E-state index in [1.54, 1.807) is 0 Å². The van der Waals surface area contributed by atoms with Gasteiger partial charge in [0.25, 0.3) is 0 Å². The fraction of sp³-hybridized carbons (Fsp3) is 0.364. The molecule has 0 fully saturated rings. The van der Waals surface area contributed by atoms with E-state index in [0.29, 0.717) is 0 Å². The number of anilines is 1. The summed E-state index contributed by atoms with van der Waals surface area (Å²) in [7, 11) is 0. The van der Waals surface area contributed by atoms with E-state index in [1.165, 1.54) is 6.92 Å². The first-order chi connectivity index (χ1) is 6.92. The molecule has 1 aromatic carbocycles. The Kier molecular flexibility index (Phi) is 3.31. The number of aliphatic carboxylic acids is 1. The van der Waals surface area contributed by atoms with Gasteiger partial charge in [0.05, 0.1) is 0 Å². The lowest BCUT2D eigenvalue weighted by Gasteiger charge is -2.20. The van der Waals surface area contributed by atoms with Crippen molar-refractivity contribution < 1.29 is 9.90 Å². The van der Waals surface area contributed by atoms with Crippen LogP contribution in [0.3, 0.4) is 0 Å². The van der Waals surface area contributed by atoms with Gasteiger partial charge in [-0.3, -0.25) is 4.79 Å². The summed E-state index contributed by atoms with van der Waals surface area (Å²) in [5.41, 5.74) is 6.37. The van der Waals surface area contributed by atoms with Crippen LogP contribution < -0.4 is 11.1 Å². The van der Waals surface area contributed by atoms with E-state index < -0.39 is 11.5 Å². The van der Waals surface area contributed by atoms with Crippen molar-refractivity contribution in [2.75, 3.05) is 11.9 Å². The largest absolute Gasteiger partial charge is 0.480 e.